The molecule has 0 fully saturated rings. The highest BCUT2D eigenvalue weighted by Crippen LogP contribution is 2.31. The maximum absolute atomic E-state index is 13.6. The molecule has 0 saturated heterocycles. The Labute approximate surface area is 112 Å². The van der Waals surface area contributed by atoms with Gasteiger partial charge < -0.3 is 4.42 Å². The van der Waals surface area contributed by atoms with Crippen LogP contribution in [0, 0.1) is 11.2 Å². The van der Waals surface area contributed by atoms with Gasteiger partial charge in [-0.15, -0.1) is 0 Å². The van der Waals surface area contributed by atoms with Gasteiger partial charge in [0.2, 0.25) is 0 Å². The standard InChI is InChI=1S/C15H21FN2O/c1-15(2,3)8-7-12(18-17)13-9-10-5-4-6-11(16)14(10)19-13/h4-6,9,12,18H,7-8,17H2,1-3H3. The van der Waals surface area contributed by atoms with E-state index in [0.29, 0.717) is 11.3 Å². The van der Waals surface area contributed by atoms with Crippen molar-refractivity contribution in [1.29, 1.82) is 0 Å². The lowest BCUT2D eigenvalue weighted by Gasteiger charge is -2.21. The Hall–Kier alpha value is -1.39. The lowest BCUT2D eigenvalue weighted by molar-refractivity contribution is 0.315. The fourth-order valence-corrected chi connectivity index (χ4v) is 2.10. The molecule has 3 N–H and O–H groups in total. The molecular formula is C15H21FN2O. The molecule has 2 rings (SSSR count). The fraction of sp³-hybridized carbons (Fsp3) is 0.467. The molecule has 0 aliphatic rings. The van der Waals surface area contributed by atoms with Crippen LogP contribution < -0.4 is 11.3 Å². The Bertz CT molecular complexity index is 557. The number of furan rings is 1. The summed E-state index contributed by atoms with van der Waals surface area (Å²) in [6.45, 7) is 6.54. The highest BCUT2D eigenvalue weighted by molar-refractivity contribution is 5.78. The molecule has 1 unspecified atom stereocenters. The highest BCUT2D eigenvalue weighted by Gasteiger charge is 2.19. The molecule has 1 aromatic heterocycles. The Balaban J connectivity index is 2.23. The molecule has 0 saturated carbocycles. The number of hydrazine groups is 1. The van der Waals surface area contributed by atoms with E-state index >= 15 is 0 Å². The van der Waals surface area contributed by atoms with E-state index in [2.05, 4.69) is 26.2 Å². The first-order valence-electron chi connectivity index (χ1n) is 6.55. The summed E-state index contributed by atoms with van der Waals surface area (Å²) in [5, 5.41) is 0.769. The molecular weight excluding hydrogens is 243 g/mol. The molecule has 0 aliphatic carbocycles. The van der Waals surface area contributed by atoms with Gasteiger partial charge >= 0.3 is 0 Å². The summed E-state index contributed by atoms with van der Waals surface area (Å²) >= 11 is 0. The maximum Gasteiger partial charge on any atom is 0.169 e. The van der Waals surface area contributed by atoms with Crippen molar-refractivity contribution in [1.82, 2.24) is 5.43 Å². The average molecular weight is 264 g/mol. The number of hydrogen-bond acceptors (Lipinski definition) is 3. The van der Waals surface area contributed by atoms with Crippen LogP contribution in [0.15, 0.2) is 28.7 Å². The molecule has 1 aromatic carbocycles. The molecule has 104 valence electrons. The van der Waals surface area contributed by atoms with E-state index in [0.717, 1.165) is 18.2 Å². The van der Waals surface area contributed by atoms with E-state index in [1.807, 2.05) is 12.1 Å². The minimum absolute atomic E-state index is 0.0916. The van der Waals surface area contributed by atoms with Crippen molar-refractivity contribution in [3.63, 3.8) is 0 Å². The monoisotopic (exact) mass is 264 g/mol. The summed E-state index contributed by atoms with van der Waals surface area (Å²) in [6, 6.07) is 6.67. The molecule has 1 atom stereocenters. The van der Waals surface area contributed by atoms with Crippen LogP contribution in [0.2, 0.25) is 0 Å². The van der Waals surface area contributed by atoms with Crippen molar-refractivity contribution in [3.8, 4) is 0 Å². The van der Waals surface area contributed by atoms with Crippen LogP contribution in [-0.4, -0.2) is 0 Å². The lowest BCUT2D eigenvalue weighted by atomic mass is 9.88. The molecule has 19 heavy (non-hydrogen) atoms. The smallest absolute Gasteiger partial charge is 0.169 e. The minimum atomic E-state index is -0.338. The van der Waals surface area contributed by atoms with Crippen molar-refractivity contribution in [2.75, 3.05) is 0 Å². The number of nitrogens with one attached hydrogen (secondary N) is 1. The van der Waals surface area contributed by atoms with Gasteiger partial charge in [0, 0.05) is 5.39 Å². The first kappa shape index (κ1) is 14.0. The van der Waals surface area contributed by atoms with Gasteiger partial charge in [0.1, 0.15) is 5.76 Å². The molecule has 1 heterocycles. The highest BCUT2D eigenvalue weighted by atomic mass is 19.1. The summed E-state index contributed by atoms with van der Waals surface area (Å²) < 4.78 is 19.2. The van der Waals surface area contributed by atoms with Gasteiger partial charge in [-0.1, -0.05) is 32.9 Å². The van der Waals surface area contributed by atoms with Crippen LogP contribution in [0.3, 0.4) is 0 Å². The van der Waals surface area contributed by atoms with Gasteiger partial charge in [-0.05, 0) is 30.4 Å². The molecule has 0 aliphatic heterocycles. The number of hydrogen-bond donors (Lipinski definition) is 2. The zero-order valence-corrected chi connectivity index (χ0v) is 11.7. The van der Waals surface area contributed by atoms with Crippen LogP contribution in [0.1, 0.15) is 45.4 Å². The van der Waals surface area contributed by atoms with Crippen LogP contribution >= 0.6 is 0 Å². The first-order chi connectivity index (χ1) is 8.90. The summed E-state index contributed by atoms with van der Waals surface area (Å²) in [5.74, 6) is 5.94. The van der Waals surface area contributed by atoms with Crippen molar-refractivity contribution in [2.45, 2.75) is 39.7 Å². The van der Waals surface area contributed by atoms with Crippen molar-refractivity contribution >= 4 is 11.0 Å². The predicted molar refractivity (Wildman–Crippen MR) is 74.9 cm³/mol. The van der Waals surface area contributed by atoms with Gasteiger partial charge in [-0.2, -0.15) is 0 Å². The van der Waals surface area contributed by atoms with E-state index in [9.17, 15) is 4.39 Å². The van der Waals surface area contributed by atoms with Gasteiger partial charge in [0.25, 0.3) is 0 Å². The van der Waals surface area contributed by atoms with Crippen LogP contribution in [-0.2, 0) is 0 Å². The van der Waals surface area contributed by atoms with Gasteiger partial charge in [0.05, 0.1) is 6.04 Å². The quantitative estimate of drug-likeness (QED) is 0.650. The largest absolute Gasteiger partial charge is 0.456 e. The van der Waals surface area contributed by atoms with Gasteiger partial charge in [0.15, 0.2) is 11.4 Å². The number of nitrogens with two attached hydrogens (primary N) is 1. The summed E-state index contributed by atoms with van der Waals surface area (Å²) in [6.07, 6.45) is 1.85. The molecule has 0 radical (unpaired) electrons. The molecule has 4 heteroatoms. The minimum Gasteiger partial charge on any atom is -0.456 e. The molecule has 0 spiro atoms. The van der Waals surface area contributed by atoms with Crippen LogP contribution in [0.5, 0.6) is 0 Å². The summed E-state index contributed by atoms with van der Waals surface area (Å²) in [7, 11) is 0. The molecule has 2 aromatic rings. The molecule has 3 nitrogen and oxygen atoms in total. The summed E-state index contributed by atoms with van der Waals surface area (Å²) in [4.78, 5) is 0. The van der Waals surface area contributed by atoms with E-state index in [1.54, 1.807) is 6.07 Å². The first-order valence-corrected chi connectivity index (χ1v) is 6.55. The number of benzene rings is 1. The zero-order chi connectivity index (χ0) is 14.0. The Kier molecular flexibility index (Phi) is 3.92. The normalized spacial score (nSPS) is 13.9. The second-order valence-corrected chi connectivity index (χ2v) is 6.13. The van der Waals surface area contributed by atoms with Crippen molar-refractivity contribution in [3.05, 3.63) is 35.8 Å². The van der Waals surface area contributed by atoms with E-state index < -0.39 is 0 Å². The number of para-hydroxylation sites is 1. The maximum atomic E-state index is 13.6. The Morgan fingerprint density at radius 1 is 1.37 bits per heavy atom. The molecule has 0 amide bonds. The number of halogens is 1. The van der Waals surface area contributed by atoms with E-state index in [4.69, 9.17) is 10.3 Å². The van der Waals surface area contributed by atoms with Crippen LogP contribution in [0.4, 0.5) is 4.39 Å². The SMILES string of the molecule is CC(C)(C)CCC(NN)c1cc2cccc(F)c2o1. The third-order valence-electron chi connectivity index (χ3n) is 3.24. The third kappa shape index (κ3) is 3.33. The predicted octanol–water partition coefficient (Wildman–Crippen LogP) is 3.90. The number of fused-ring (bicyclic) bond motifs is 1. The van der Waals surface area contributed by atoms with E-state index in [-0.39, 0.29) is 17.3 Å². The second-order valence-electron chi connectivity index (χ2n) is 6.13. The molecule has 0 bridgehead atoms. The topological polar surface area (TPSA) is 51.2 Å². The number of rotatable bonds is 4. The fourth-order valence-electron chi connectivity index (χ4n) is 2.10. The van der Waals surface area contributed by atoms with Gasteiger partial charge in [-0.25, -0.2) is 9.82 Å². The zero-order valence-electron chi connectivity index (χ0n) is 11.7. The van der Waals surface area contributed by atoms with Crippen molar-refractivity contribution in [2.24, 2.45) is 11.3 Å². The van der Waals surface area contributed by atoms with Crippen LogP contribution in [0.25, 0.3) is 11.0 Å². The van der Waals surface area contributed by atoms with Gasteiger partial charge in [-0.3, -0.25) is 5.84 Å². The second kappa shape index (κ2) is 5.31. The third-order valence-corrected chi connectivity index (χ3v) is 3.24. The van der Waals surface area contributed by atoms with Crippen molar-refractivity contribution < 1.29 is 8.81 Å². The average Bonchev–Trinajstić information content (AvgIpc) is 2.73. The lowest BCUT2D eigenvalue weighted by Crippen LogP contribution is -2.28. The Morgan fingerprint density at radius 3 is 2.68 bits per heavy atom. The summed E-state index contributed by atoms with van der Waals surface area (Å²) in [5.41, 5.74) is 3.28. The van der Waals surface area contributed by atoms with E-state index in [1.165, 1.54) is 6.07 Å². The Morgan fingerprint density at radius 2 is 2.11 bits per heavy atom.